The number of carbonyl (C=O) groups is 1. The fourth-order valence-corrected chi connectivity index (χ4v) is 6.84. The minimum atomic E-state index is -3.75. The van der Waals surface area contributed by atoms with Gasteiger partial charge in [-0.1, -0.05) is 30.3 Å². The van der Waals surface area contributed by atoms with Crippen LogP contribution in [-0.2, 0) is 10.0 Å². The summed E-state index contributed by atoms with van der Waals surface area (Å²) in [7, 11) is -3.75. The van der Waals surface area contributed by atoms with E-state index in [0.29, 0.717) is 17.9 Å². The average Bonchev–Trinajstić information content (AvgIpc) is 3.35. The monoisotopic (exact) mass is 520 g/mol. The van der Waals surface area contributed by atoms with E-state index in [4.69, 9.17) is 0 Å². The zero-order valence-corrected chi connectivity index (χ0v) is 21.1. The van der Waals surface area contributed by atoms with Crippen LogP contribution in [0.25, 0.3) is 21.7 Å². The number of carboxylic acids is 1. The van der Waals surface area contributed by atoms with Gasteiger partial charge < -0.3 is 10.0 Å². The summed E-state index contributed by atoms with van der Waals surface area (Å²) < 4.78 is 28.2. The molecule has 3 aromatic heterocycles. The molecule has 0 saturated carbocycles. The van der Waals surface area contributed by atoms with E-state index in [1.165, 1.54) is 21.8 Å². The number of anilines is 1. The predicted molar refractivity (Wildman–Crippen MR) is 140 cm³/mol. The van der Waals surface area contributed by atoms with Crippen LogP contribution < -0.4 is 4.90 Å². The van der Waals surface area contributed by atoms with Gasteiger partial charge in [0, 0.05) is 54.7 Å². The smallest absolute Gasteiger partial charge is 0.348 e. The second kappa shape index (κ2) is 9.81. The fraction of sp³-hybridized carbons (Fsp3) is 0.192. The number of aromatic nitrogens is 2. The van der Waals surface area contributed by atoms with Crippen LogP contribution in [0.5, 0.6) is 0 Å². The molecular formula is C26H24N4O4S2. The second-order valence-electron chi connectivity index (χ2n) is 8.52. The zero-order chi connectivity index (χ0) is 25.3. The van der Waals surface area contributed by atoms with Gasteiger partial charge in [-0.25, -0.2) is 13.2 Å². The van der Waals surface area contributed by atoms with Crippen molar-refractivity contribution in [2.75, 3.05) is 24.5 Å². The molecule has 1 saturated heterocycles. The number of nitrogens with zero attached hydrogens (tertiary/aromatic N) is 4. The topological polar surface area (TPSA) is 104 Å². The Hall–Kier alpha value is -3.60. The molecule has 5 rings (SSSR count). The molecule has 0 amide bonds. The van der Waals surface area contributed by atoms with Gasteiger partial charge >= 0.3 is 5.97 Å². The van der Waals surface area contributed by atoms with E-state index < -0.39 is 16.0 Å². The normalized spacial score (nSPS) is 16.7. The predicted octanol–water partition coefficient (Wildman–Crippen LogP) is 4.47. The van der Waals surface area contributed by atoms with Gasteiger partial charge in [-0.15, -0.1) is 11.3 Å². The maximum Gasteiger partial charge on any atom is 0.348 e. The van der Waals surface area contributed by atoms with Crippen molar-refractivity contribution >= 4 is 33.0 Å². The largest absolute Gasteiger partial charge is 0.477 e. The number of thiophene rings is 1. The van der Waals surface area contributed by atoms with E-state index in [1.807, 2.05) is 60.4 Å². The Kier molecular flexibility index (Phi) is 6.57. The molecule has 1 N–H and O–H groups in total. The Morgan fingerprint density at radius 1 is 1.03 bits per heavy atom. The first kappa shape index (κ1) is 24.1. The van der Waals surface area contributed by atoms with Crippen LogP contribution in [0.3, 0.4) is 0 Å². The van der Waals surface area contributed by atoms with Crippen LogP contribution in [0.4, 0.5) is 5.69 Å². The van der Waals surface area contributed by atoms with Gasteiger partial charge in [-0.2, -0.15) is 4.31 Å². The fourth-order valence-electron chi connectivity index (χ4n) is 4.37. The standard InChI is InChI=1S/C26H24N4O4S2/c1-18-17-29(36(33,34)21-7-8-22(28-16-21)19-9-11-27-12-10-19)13-14-30(18)23-15-24(35-25(23)26(31)32)20-5-3-2-4-6-20/h2-12,15-16,18H,13-14,17H2,1H3,(H,31,32). The Balaban J connectivity index is 1.36. The van der Waals surface area contributed by atoms with Crippen molar-refractivity contribution in [3.8, 4) is 21.7 Å². The molecule has 36 heavy (non-hydrogen) atoms. The highest BCUT2D eigenvalue weighted by Gasteiger charge is 2.34. The number of aromatic carboxylic acids is 1. The molecular weight excluding hydrogens is 496 g/mol. The number of benzene rings is 1. The first-order valence-electron chi connectivity index (χ1n) is 11.4. The molecule has 4 aromatic rings. The number of carboxylic acid groups (broad SMARTS) is 1. The number of rotatable bonds is 6. The molecule has 1 aliphatic rings. The first-order valence-corrected chi connectivity index (χ1v) is 13.7. The Morgan fingerprint density at radius 2 is 1.78 bits per heavy atom. The summed E-state index contributed by atoms with van der Waals surface area (Å²) in [6, 6.07) is 18.2. The van der Waals surface area contributed by atoms with Gasteiger partial charge in [-0.3, -0.25) is 9.97 Å². The van der Waals surface area contributed by atoms with E-state index in [2.05, 4.69) is 9.97 Å². The Bertz CT molecular complexity index is 1470. The van der Waals surface area contributed by atoms with Crippen LogP contribution in [0.15, 0.2) is 84.1 Å². The van der Waals surface area contributed by atoms with Gasteiger partial charge in [0.1, 0.15) is 9.77 Å². The molecule has 1 fully saturated rings. The molecule has 10 heteroatoms. The van der Waals surface area contributed by atoms with Crippen LogP contribution in [0.1, 0.15) is 16.6 Å². The number of sulfonamides is 1. The lowest BCUT2D eigenvalue weighted by molar-refractivity contribution is 0.0702. The quantitative estimate of drug-likeness (QED) is 0.400. The molecule has 0 radical (unpaired) electrons. The van der Waals surface area contributed by atoms with Gasteiger partial charge in [0.05, 0.1) is 11.4 Å². The van der Waals surface area contributed by atoms with Gasteiger partial charge in [-0.05, 0) is 42.8 Å². The van der Waals surface area contributed by atoms with Crippen molar-refractivity contribution in [2.24, 2.45) is 0 Å². The van der Waals surface area contributed by atoms with E-state index in [9.17, 15) is 18.3 Å². The molecule has 0 aliphatic carbocycles. The lowest BCUT2D eigenvalue weighted by atomic mass is 10.1. The maximum absolute atomic E-state index is 13.4. The molecule has 1 aliphatic heterocycles. The van der Waals surface area contributed by atoms with E-state index in [-0.39, 0.29) is 28.9 Å². The summed E-state index contributed by atoms with van der Waals surface area (Å²) >= 11 is 1.23. The minimum absolute atomic E-state index is 0.133. The summed E-state index contributed by atoms with van der Waals surface area (Å²) in [5.41, 5.74) is 3.10. The highest BCUT2D eigenvalue weighted by molar-refractivity contribution is 7.89. The highest BCUT2D eigenvalue weighted by Crippen LogP contribution is 2.38. The van der Waals surface area contributed by atoms with Crippen molar-refractivity contribution in [3.63, 3.8) is 0 Å². The summed E-state index contributed by atoms with van der Waals surface area (Å²) in [6.45, 7) is 2.78. The van der Waals surface area contributed by atoms with E-state index >= 15 is 0 Å². The van der Waals surface area contributed by atoms with Gasteiger partial charge in [0.15, 0.2) is 0 Å². The second-order valence-corrected chi connectivity index (χ2v) is 11.5. The van der Waals surface area contributed by atoms with Gasteiger partial charge in [0.25, 0.3) is 0 Å². The van der Waals surface area contributed by atoms with Crippen molar-refractivity contribution in [1.29, 1.82) is 0 Å². The molecule has 8 nitrogen and oxygen atoms in total. The highest BCUT2D eigenvalue weighted by atomic mass is 32.2. The van der Waals surface area contributed by atoms with E-state index in [0.717, 1.165) is 16.0 Å². The third kappa shape index (κ3) is 4.62. The van der Waals surface area contributed by atoms with Crippen LogP contribution in [-0.4, -0.2) is 59.4 Å². The lowest BCUT2D eigenvalue weighted by Gasteiger charge is -2.40. The molecule has 1 unspecified atom stereocenters. The molecule has 1 aromatic carbocycles. The number of hydrogen-bond acceptors (Lipinski definition) is 7. The molecule has 4 heterocycles. The number of pyridine rings is 2. The number of hydrogen-bond donors (Lipinski definition) is 1. The molecule has 0 bridgehead atoms. The van der Waals surface area contributed by atoms with Crippen molar-refractivity contribution in [3.05, 3.63) is 84.1 Å². The van der Waals surface area contributed by atoms with Crippen LogP contribution in [0, 0.1) is 0 Å². The third-order valence-electron chi connectivity index (χ3n) is 6.21. The van der Waals surface area contributed by atoms with Crippen molar-refractivity contribution in [1.82, 2.24) is 14.3 Å². The molecule has 1 atom stereocenters. The average molecular weight is 521 g/mol. The van der Waals surface area contributed by atoms with Crippen LogP contribution in [0.2, 0.25) is 0 Å². The first-order chi connectivity index (χ1) is 17.3. The van der Waals surface area contributed by atoms with Gasteiger partial charge in [0.2, 0.25) is 10.0 Å². The van der Waals surface area contributed by atoms with Crippen molar-refractivity contribution in [2.45, 2.75) is 17.9 Å². The summed E-state index contributed by atoms with van der Waals surface area (Å²) in [4.78, 5) is 23.6. The van der Waals surface area contributed by atoms with Crippen molar-refractivity contribution < 1.29 is 18.3 Å². The summed E-state index contributed by atoms with van der Waals surface area (Å²) in [6.07, 6.45) is 4.71. The minimum Gasteiger partial charge on any atom is -0.477 e. The Labute approximate surface area is 213 Å². The zero-order valence-electron chi connectivity index (χ0n) is 19.5. The Morgan fingerprint density at radius 3 is 2.42 bits per heavy atom. The maximum atomic E-state index is 13.4. The summed E-state index contributed by atoms with van der Waals surface area (Å²) in [5, 5.41) is 9.84. The molecule has 0 spiro atoms. The lowest BCUT2D eigenvalue weighted by Crippen LogP contribution is -2.53. The molecule has 184 valence electrons. The number of piperazine rings is 1. The SMILES string of the molecule is CC1CN(S(=O)(=O)c2ccc(-c3ccncc3)nc2)CCN1c1cc(-c2ccccc2)sc1C(=O)O. The van der Waals surface area contributed by atoms with E-state index in [1.54, 1.807) is 24.5 Å². The van der Waals surface area contributed by atoms with Crippen LogP contribution >= 0.6 is 11.3 Å². The third-order valence-corrected chi connectivity index (χ3v) is 9.22. The summed E-state index contributed by atoms with van der Waals surface area (Å²) in [5.74, 6) is -0.986.